The third-order valence-corrected chi connectivity index (χ3v) is 2.12. The zero-order valence-corrected chi connectivity index (χ0v) is 10.5. The van der Waals surface area contributed by atoms with Crippen molar-refractivity contribution in [2.24, 2.45) is 5.92 Å². The molecule has 0 aliphatic heterocycles. The lowest BCUT2D eigenvalue weighted by Crippen LogP contribution is -2.31. The minimum Gasteiger partial charge on any atom is -0.362 e. The molecule has 0 aromatic carbocycles. The van der Waals surface area contributed by atoms with Gasteiger partial charge in [0, 0.05) is 12.6 Å². The van der Waals surface area contributed by atoms with E-state index in [1.165, 1.54) is 18.3 Å². The predicted octanol–water partition coefficient (Wildman–Crippen LogP) is 1.93. The molecule has 0 bridgehead atoms. The van der Waals surface area contributed by atoms with Crippen LogP contribution in [0.15, 0.2) is 18.3 Å². The Balaban J connectivity index is 2.51. The van der Waals surface area contributed by atoms with E-state index < -0.39 is 4.92 Å². The van der Waals surface area contributed by atoms with Gasteiger partial charge in [0.1, 0.15) is 12.0 Å². The summed E-state index contributed by atoms with van der Waals surface area (Å²) in [5.74, 6) is 0.969. The molecule has 0 atom stereocenters. The Morgan fingerprint density at radius 2 is 2.29 bits per heavy atom. The van der Waals surface area contributed by atoms with E-state index in [1.807, 2.05) is 0 Å². The van der Waals surface area contributed by atoms with Crippen molar-refractivity contribution in [2.75, 3.05) is 11.9 Å². The van der Waals surface area contributed by atoms with E-state index in [-0.39, 0.29) is 5.69 Å². The van der Waals surface area contributed by atoms with Gasteiger partial charge in [-0.15, -0.1) is 0 Å². The van der Waals surface area contributed by atoms with Crippen LogP contribution in [0.25, 0.3) is 0 Å². The second-order valence-electron chi connectivity index (χ2n) is 3.89. The first-order valence-corrected chi connectivity index (χ1v) is 5.55. The average molecular weight is 254 g/mol. The van der Waals surface area contributed by atoms with E-state index >= 15 is 0 Å². The maximum Gasteiger partial charge on any atom is 0.287 e. The first-order valence-electron chi connectivity index (χ1n) is 5.14. The van der Waals surface area contributed by atoms with Gasteiger partial charge in [-0.2, -0.15) is 0 Å². The van der Waals surface area contributed by atoms with Crippen molar-refractivity contribution in [1.82, 2.24) is 10.3 Å². The Hall–Kier alpha value is -1.76. The lowest BCUT2D eigenvalue weighted by Gasteiger charge is -2.11. The Morgan fingerprint density at radius 3 is 2.76 bits per heavy atom. The van der Waals surface area contributed by atoms with Gasteiger partial charge < -0.3 is 10.6 Å². The van der Waals surface area contributed by atoms with Crippen LogP contribution in [0.4, 0.5) is 11.5 Å². The highest BCUT2D eigenvalue weighted by Gasteiger charge is 2.06. The molecular formula is C10H14N4O2S. The van der Waals surface area contributed by atoms with Gasteiger partial charge in [0.05, 0.1) is 4.92 Å². The van der Waals surface area contributed by atoms with E-state index in [0.29, 0.717) is 16.8 Å². The molecule has 0 amide bonds. The molecule has 7 heteroatoms. The van der Waals surface area contributed by atoms with Gasteiger partial charge in [0.2, 0.25) is 0 Å². The number of rotatable bonds is 4. The molecule has 0 saturated carbocycles. The molecule has 0 fully saturated rings. The van der Waals surface area contributed by atoms with Crippen molar-refractivity contribution in [1.29, 1.82) is 0 Å². The van der Waals surface area contributed by atoms with Crippen molar-refractivity contribution >= 4 is 28.8 Å². The van der Waals surface area contributed by atoms with Crippen LogP contribution in [0, 0.1) is 16.0 Å². The number of nitro groups is 1. The second-order valence-corrected chi connectivity index (χ2v) is 4.30. The van der Waals surface area contributed by atoms with Crippen molar-refractivity contribution < 1.29 is 4.92 Å². The number of hydrogen-bond acceptors (Lipinski definition) is 4. The smallest absolute Gasteiger partial charge is 0.287 e. The van der Waals surface area contributed by atoms with Crippen LogP contribution >= 0.6 is 12.2 Å². The first-order chi connectivity index (χ1) is 7.99. The van der Waals surface area contributed by atoms with Crippen LogP contribution in [-0.4, -0.2) is 21.6 Å². The molecular weight excluding hydrogens is 240 g/mol. The number of thiocarbonyl (C=S) groups is 1. The highest BCUT2D eigenvalue weighted by atomic mass is 32.1. The fourth-order valence-corrected chi connectivity index (χ4v) is 1.21. The van der Waals surface area contributed by atoms with Gasteiger partial charge in [-0.3, -0.25) is 10.1 Å². The lowest BCUT2D eigenvalue weighted by molar-refractivity contribution is -0.385. The maximum absolute atomic E-state index is 10.4. The van der Waals surface area contributed by atoms with E-state index in [1.54, 1.807) is 0 Å². The van der Waals surface area contributed by atoms with Crippen LogP contribution in [0.5, 0.6) is 0 Å². The molecule has 1 heterocycles. The Morgan fingerprint density at radius 1 is 1.59 bits per heavy atom. The molecule has 1 rings (SSSR count). The molecule has 92 valence electrons. The fourth-order valence-electron chi connectivity index (χ4n) is 1.03. The number of nitrogens with one attached hydrogen (secondary N) is 2. The summed E-state index contributed by atoms with van der Waals surface area (Å²) in [7, 11) is 0. The maximum atomic E-state index is 10.4. The molecule has 1 aromatic heterocycles. The molecule has 0 aliphatic rings. The molecule has 0 saturated heterocycles. The van der Waals surface area contributed by atoms with Crippen molar-refractivity contribution in [3.05, 3.63) is 28.4 Å². The summed E-state index contributed by atoms with van der Waals surface area (Å²) in [6.45, 7) is 4.90. The number of hydrogen-bond donors (Lipinski definition) is 2. The van der Waals surface area contributed by atoms with Crippen molar-refractivity contribution in [3.8, 4) is 0 Å². The molecule has 0 spiro atoms. The molecule has 0 radical (unpaired) electrons. The third-order valence-electron chi connectivity index (χ3n) is 1.87. The zero-order chi connectivity index (χ0) is 12.8. The molecule has 0 unspecified atom stereocenters. The van der Waals surface area contributed by atoms with Crippen molar-refractivity contribution in [2.45, 2.75) is 13.8 Å². The monoisotopic (exact) mass is 254 g/mol. The average Bonchev–Trinajstić information content (AvgIpc) is 2.27. The number of pyridine rings is 1. The lowest BCUT2D eigenvalue weighted by atomic mass is 10.2. The van der Waals surface area contributed by atoms with E-state index in [4.69, 9.17) is 12.2 Å². The van der Waals surface area contributed by atoms with Crippen LogP contribution in [0.3, 0.4) is 0 Å². The molecule has 2 N–H and O–H groups in total. The second kappa shape index (κ2) is 6.09. The van der Waals surface area contributed by atoms with Crippen LogP contribution in [0.2, 0.25) is 0 Å². The minimum absolute atomic E-state index is 0.0448. The van der Waals surface area contributed by atoms with Gasteiger partial charge in [-0.25, -0.2) is 4.98 Å². The SMILES string of the molecule is CC(C)CNC(=S)Nc1ccc([N+](=O)[O-])cn1. The van der Waals surface area contributed by atoms with Crippen LogP contribution in [0.1, 0.15) is 13.8 Å². The summed E-state index contributed by atoms with van der Waals surface area (Å²) in [6, 6.07) is 2.89. The van der Waals surface area contributed by atoms with E-state index in [2.05, 4.69) is 29.5 Å². The van der Waals surface area contributed by atoms with Gasteiger partial charge in [0.25, 0.3) is 5.69 Å². The standard InChI is InChI=1S/C10H14N4O2S/c1-7(2)5-12-10(17)13-9-4-3-8(6-11-9)14(15)16/h3-4,6-7H,5H2,1-2H3,(H2,11,12,13,17). The van der Waals surface area contributed by atoms with Crippen LogP contribution < -0.4 is 10.6 Å². The molecule has 6 nitrogen and oxygen atoms in total. The molecule has 17 heavy (non-hydrogen) atoms. The van der Waals surface area contributed by atoms with Gasteiger partial charge >= 0.3 is 0 Å². The summed E-state index contributed by atoms with van der Waals surface area (Å²) < 4.78 is 0. The third kappa shape index (κ3) is 4.73. The van der Waals surface area contributed by atoms with Gasteiger partial charge in [-0.05, 0) is 24.2 Å². The number of aromatic nitrogens is 1. The number of anilines is 1. The predicted molar refractivity (Wildman–Crippen MR) is 70.0 cm³/mol. The highest BCUT2D eigenvalue weighted by molar-refractivity contribution is 7.80. The van der Waals surface area contributed by atoms with E-state index in [9.17, 15) is 10.1 Å². The zero-order valence-electron chi connectivity index (χ0n) is 9.64. The highest BCUT2D eigenvalue weighted by Crippen LogP contribution is 2.11. The molecule has 0 aliphatic carbocycles. The largest absolute Gasteiger partial charge is 0.362 e. The fraction of sp³-hybridized carbons (Fsp3) is 0.400. The minimum atomic E-state index is -0.494. The summed E-state index contributed by atoms with van der Waals surface area (Å²) in [5, 5.41) is 16.7. The normalized spacial score (nSPS) is 10.1. The first kappa shape index (κ1) is 13.3. The molecule has 1 aromatic rings. The topological polar surface area (TPSA) is 80.1 Å². The van der Waals surface area contributed by atoms with Crippen molar-refractivity contribution in [3.63, 3.8) is 0 Å². The quantitative estimate of drug-likeness (QED) is 0.485. The summed E-state index contributed by atoms with van der Waals surface area (Å²) in [5.41, 5.74) is -0.0448. The van der Waals surface area contributed by atoms with E-state index in [0.717, 1.165) is 6.54 Å². The Bertz CT molecular complexity index is 405. The number of nitrogens with zero attached hydrogens (tertiary/aromatic N) is 2. The Kier molecular flexibility index (Phi) is 4.77. The van der Waals surface area contributed by atoms with Gasteiger partial charge in [0.15, 0.2) is 5.11 Å². The summed E-state index contributed by atoms with van der Waals surface area (Å²) >= 11 is 5.04. The van der Waals surface area contributed by atoms with Crippen LogP contribution in [-0.2, 0) is 0 Å². The van der Waals surface area contributed by atoms with Gasteiger partial charge in [-0.1, -0.05) is 13.8 Å². The summed E-state index contributed by atoms with van der Waals surface area (Å²) in [6.07, 6.45) is 1.19. The Labute approximate surface area is 105 Å². The summed E-state index contributed by atoms with van der Waals surface area (Å²) in [4.78, 5) is 13.8.